The monoisotopic (exact) mass is 452 g/mol. The third kappa shape index (κ3) is 7.79. The number of aromatic nitrogens is 1. The van der Waals surface area contributed by atoms with Gasteiger partial charge in [-0.1, -0.05) is 11.8 Å². The van der Waals surface area contributed by atoms with E-state index in [-0.39, 0.29) is 0 Å². The molecule has 0 atom stereocenters. The molecule has 0 amide bonds. The molecule has 0 unspecified atom stereocenters. The maximum atomic E-state index is 12.5. The average Bonchev–Trinajstić information content (AvgIpc) is 2.75. The van der Waals surface area contributed by atoms with Crippen LogP contribution >= 0.6 is 24.0 Å². The minimum atomic E-state index is -2.42. The van der Waals surface area contributed by atoms with Crippen molar-refractivity contribution in [1.29, 1.82) is 0 Å². The first-order chi connectivity index (χ1) is 14.6. The van der Waals surface area contributed by atoms with Crippen LogP contribution < -0.4 is 5.32 Å². The van der Waals surface area contributed by atoms with Gasteiger partial charge in [-0.15, -0.1) is 0 Å². The fourth-order valence-electron chi connectivity index (χ4n) is 3.19. The summed E-state index contributed by atoms with van der Waals surface area (Å²) in [6, 6.07) is 10.9. The first-order valence-corrected chi connectivity index (χ1v) is 11.2. The minimum Gasteiger partial charge on any atom is -0.379 e. The number of pyridine rings is 1. The molecule has 9 heteroatoms. The molecule has 1 fully saturated rings. The Labute approximate surface area is 185 Å². The zero-order valence-corrected chi connectivity index (χ0v) is 18.3. The van der Waals surface area contributed by atoms with Gasteiger partial charge in [0, 0.05) is 55.7 Å². The lowest BCUT2D eigenvalue weighted by Crippen LogP contribution is -2.40. The van der Waals surface area contributed by atoms with Crippen LogP contribution in [-0.2, 0) is 11.3 Å². The lowest BCUT2D eigenvalue weighted by Gasteiger charge is -2.29. The number of thioether (sulfide) groups is 1. The van der Waals surface area contributed by atoms with E-state index in [9.17, 15) is 8.78 Å². The Hall–Kier alpha value is -1.81. The molecule has 1 aromatic carbocycles. The lowest BCUT2D eigenvalue weighted by molar-refractivity contribution is 0.0368. The summed E-state index contributed by atoms with van der Waals surface area (Å²) in [6.07, 6.45) is 4.53. The fourth-order valence-corrected chi connectivity index (χ4v) is 3.97. The number of nitrogens with one attached hydrogen (secondary N) is 1. The van der Waals surface area contributed by atoms with E-state index < -0.39 is 5.76 Å². The number of morpholine rings is 1. The number of anilines is 1. The molecule has 3 rings (SSSR count). The zero-order valence-electron chi connectivity index (χ0n) is 16.7. The third-order valence-corrected chi connectivity index (χ3v) is 5.83. The molecule has 0 radical (unpaired) electrons. The van der Waals surface area contributed by atoms with Crippen molar-refractivity contribution in [3.8, 4) is 0 Å². The highest BCUT2D eigenvalue weighted by Crippen LogP contribution is 2.26. The molecule has 5 nitrogen and oxygen atoms in total. The number of benzene rings is 1. The fraction of sp³-hybridized carbons (Fsp3) is 0.429. The number of alkyl halides is 2. The van der Waals surface area contributed by atoms with Crippen molar-refractivity contribution >= 4 is 34.8 Å². The predicted molar refractivity (Wildman–Crippen MR) is 121 cm³/mol. The van der Waals surface area contributed by atoms with Gasteiger partial charge in [0.25, 0.3) is 5.76 Å². The molecule has 1 aliphatic heterocycles. The Morgan fingerprint density at radius 3 is 2.53 bits per heavy atom. The standard InChI is InChI=1S/C21H26F2N4OS2/c22-20(23)30-19-4-2-18(3-5-19)25-21(29)27(16-17-6-8-24-9-7-17)11-1-10-26-12-14-28-15-13-26/h2-9,20H,1,10-16H2,(H,25,29). The highest BCUT2D eigenvalue weighted by Gasteiger charge is 2.14. The minimum absolute atomic E-state index is 0.528. The Kier molecular flexibility index (Phi) is 9.26. The maximum Gasteiger partial charge on any atom is 0.288 e. The zero-order chi connectivity index (χ0) is 21.2. The number of ether oxygens (including phenoxy) is 1. The molecule has 0 aliphatic carbocycles. The van der Waals surface area contributed by atoms with Crippen molar-refractivity contribution < 1.29 is 13.5 Å². The van der Waals surface area contributed by atoms with E-state index in [1.54, 1.807) is 36.7 Å². The van der Waals surface area contributed by atoms with Crippen molar-refractivity contribution in [2.45, 2.75) is 23.6 Å². The van der Waals surface area contributed by atoms with Crippen LogP contribution in [0.1, 0.15) is 12.0 Å². The highest BCUT2D eigenvalue weighted by molar-refractivity contribution is 7.99. The molecular weight excluding hydrogens is 426 g/mol. The van der Waals surface area contributed by atoms with Gasteiger partial charge in [-0.2, -0.15) is 8.78 Å². The van der Waals surface area contributed by atoms with Crippen LogP contribution in [-0.4, -0.2) is 65.0 Å². The highest BCUT2D eigenvalue weighted by atomic mass is 32.2. The second-order valence-corrected chi connectivity index (χ2v) is 8.37. The van der Waals surface area contributed by atoms with Gasteiger partial charge < -0.3 is 15.0 Å². The van der Waals surface area contributed by atoms with E-state index in [0.717, 1.165) is 57.1 Å². The molecule has 30 heavy (non-hydrogen) atoms. The number of hydrogen-bond acceptors (Lipinski definition) is 5. The second-order valence-electron chi connectivity index (χ2n) is 6.92. The Morgan fingerprint density at radius 2 is 1.87 bits per heavy atom. The Morgan fingerprint density at radius 1 is 1.17 bits per heavy atom. The summed E-state index contributed by atoms with van der Waals surface area (Å²) in [4.78, 5) is 9.14. The van der Waals surface area contributed by atoms with Gasteiger partial charge in [0.1, 0.15) is 0 Å². The molecule has 1 N–H and O–H groups in total. The smallest absolute Gasteiger partial charge is 0.288 e. The first-order valence-electron chi connectivity index (χ1n) is 9.90. The summed E-state index contributed by atoms with van der Waals surface area (Å²) in [5, 5.41) is 3.86. The number of rotatable bonds is 9. The van der Waals surface area contributed by atoms with Gasteiger partial charge in [-0.3, -0.25) is 9.88 Å². The second kappa shape index (κ2) is 12.1. The number of thiocarbonyl (C=S) groups is 1. The summed E-state index contributed by atoms with van der Waals surface area (Å²) < 4.78 is 30.4. The Bertz CT molecular complexity index is 774. The summed E-state index contributed by atoms with van der Waals surface area (Å²) in [5.41, 5.74) is 1.91. The van der Waals surface area contributed by atoms with Crippen molar-refractivity contribution in [1.82, 2.24) is 14.8 Å². The summed E-state index contributed by atoms with van der Waals surface area (Å²) in [5.74, 6) is -2.42. The van der Waals surface area contributed by atoms with Crippen LogP contribution in [0.3, 0.4) is 0 Å². The predicted octanol–water partition coefficient (Wildman–Crippen LogP) is 4.32. The molecule has 1 aliphatic rings. The number of hydrogen-bond donors (Lipinski definition) is 1. The van der Waals surface area contributed by atoms with E-state index in [4.69, 9.17) is 17.0 Å². The molecule has 2 heterocycles. The van der Waals surface area contributed by atoms with E-state index in [2.05, 4.69) is 20.1 Å². The van der Waals surface area contributed by atoms with Crippen molar-refractivity contribution in [2.75, 3.05) is 44.7 Å². The number of halogens is 2. The van der Waals surface area contributed by atoms with Crippen LogP contribution in [0.4, 0.5) is 14.5 Å². The van der Waals surface area contributed by atoms with Gasteiger partial charge in [-0.25, -0.2) is 0 Å². The molecule has 1 aromatic heterocycles. The van der Waals surface area contributed by atoms with Crippen LogP contribution in [0.15, 0.2) is 53.7 Å². The normalized spacial score (nSPS) is 14.6. The first kappa shape index (κ1) is 22.9. The lowest BCUT2D eigenvalue weighted by atomic mass is 10.2. The summed E-state index contributed by atoms with van der Waals surface area (Å²) in [6.45, 7) is 6.01. The molecule has 0 bridgehead atoms. The summed E-state index contributed by atoms with van der Waals surface area (Å²) in [7, 11) is 0. The van der Waals surface area contributed by atoms with E-state index in [1.165, 1.54) is 0 Å². The SMILES string of the molecule is FC(F)Sc1ccc(NC(=S)N(CCCN2CCOCC2)Cc2ccncc2)cc1. The van der Waals surface area contributed by atoms with Crippen LogP contribution in [0.25, 0.3) is 0 Å². The molecule has 0 spiro atoms. The third-order valence-electron chi connectivity index (χ3n) is 4.75. The van der Waals surface area contributed by atoms with Gasteiger partial charge >= 0.3 is 0 Å². The van der Waals surface area contributed by atoms with Crippen molar-refractivity contribution in [3.05, 3.63) is 54.4 Å². The maximum absolute atomic E-state index is 12.5. The van der Waals surface area contributed by atoms with Gasteiger partial charge in [-0.05, 0) is 60.6 Å². The van der Waals surface area contributed by atoms with E-state index >= 15 is 0 Å². The topological polar surface area (TPSA) is 40.6 Å². The van der Waals surface area contributed by atoms with Crippen molar-refractivity contribution in [3.63, 3.8) is 0 Å². The van der Waals surface area contributed by atoms with Crippen LogP contribution in [0.5, 0.6) is 0 Å². The molecular formula is C21H26F2N4OS2. The van der Waals surface area contributed by atoms with Crippen molar-refractivity contribution in [2.24, 2.45) is 0 Å². The molecule has 2 aromatic rings. The number of nitrogens with zero attached hydrogens (tertiary/aromatic N) is 3. The van der Waals surface area contributed by atoms with Crippen LogP contribution in [0, 0.1) is 0 Å². The van der Waals surface area contributed by atoms with Gasteiger partial charge in [0.2, 0.25) is 0 Å². The van der Waals surface area contributed by atoms with E-state index in [0.29, 0.717) is 28.3 Å². The van der Waals surface area contributed by atoms with Crippen LogP contribution in [0.2, 0.25) is 0 Å². The van der Waals surface area contributed by atoms with Gasteiger partial charge in [0.05, 0.1) is 13.2 Å². The molecule has 1 saturated heterocycles. The quantitative estimate of drug-likeness (QED) is 0.449. The molecule has 162 valence electrons. The van der Waals surface area contributed by atoms with E-state index in [1.807, 2.05) is 12.1 Å². The van der Waals surface area contributed by atoms with Gasteiger partial charge in [0.15, 0.2) is 5.11 Å². The molecule has 0 saturated carbocycles. The average molecular weight is 453 g/mol. The summed E-state index contributed by atoms with van der Waals surface area (Å²) >= 11 is 6.20. The largest absolute Gasteiger partial charge is 0.379 e. The Balaban J connectivity index is 1.58.